The normalized spacial score (nSPS) is 16.1. The third-order valence-electron chi connectivity index (χ3n) is 7.27. The van der Waals surface area contributed by atoms with Crippen molar-refractivity contribution in [3.63, 3.8) is 0 Å². The minimum atomic E-state index is -0.579. The van der Waals surface area contributed by atoms with E-state index >= 15 is 0 Å². The van der Waals surface area contributed by atoms with Crippen LogP contribution in [0.4, 0.5) is 0 Å². The Labute approximate surface area is 236 Å². The highest BCUT2D eigenvalue weighted by Crippen LogP contribution is 2.23. The van der Waals surface area contributed by atoms with Crippen molar-refractivity contribution in [3.05, 3.63) is 108 Å². The van der Waals surface area contributed by atoms with Crippen molar-refractivity contribution in [2.75, 3.05) is 13.1 Å². The molecule has 1 heterocycles. The SMILES string of the molecule is CC(C)C[C@H](NC(=O)c1ccc2ccccc2c1)C(=O)N[C@H]1CCN(Cc2ccc(Oc3ccccc3)cc2)C1. The summed E-state index contributed by atoms with van der Waals surface area (Å²) in [6, 6.07) is 31.0. The van der Waals surface area contributed by atoms with Crippen molar-refractivity contribution >= 4 is 22.6 Å². The maximum absolute atomic E-state index is 13.3. The predicted molar refractivity (Wildman–Crippen MR) is 159 cm³/mol. The van der Waals surface area contributed by atoms with E-state index < -0.39 is 6.04 Å². The molecule has 6 nitrogen and oxygen atoms in total. The maximum Gasteiger partial charge on any atom is 0.251 e. The number of para-hydroxylation sites is 1. The number of carbonyl (C=O) groups is 2. The quantitative estimate of drug-likeness (QED) is 0.255. The summed E-state index contributed by atoms with van der Waals surface area (Å²) in [5.74, 6) is 1.55. The molecule has 0 saturated carbocycles. The number of nitrogens with one attached hydrogen (secondary N) is 2. The van der Waals surface area contributed by atoms with Gasteiger partial charge < -0.3 is 15.4 Å². The van der Waals surface area contributed by atoms with Gasteiger partial charge in [0.15, 0.2) is 0 Å². The smallest absolute Gasteiger partial charge is 0.251 e. The second kappa shape index (κ2) is 12.8. The fraction of sp³-hybridized carbons (Fsp3) is 0.294. The van der Waals surface area contributed by atoms with E-state index in [2.05, 4.69) is 41.5 Å². The van der Waals surface area contributed by atoms with Gasteiger partial charge in [-0.2, -0.15) is 0 Å². The van der Waals surface area contributed by atoms with Crippen molar-refractivity contribution in [1.29, 1.82) is 0 Å². The lowest BCUT2D eigenvalue weighted by Crippen LogP contribution is -2.50. The topological polar surface area (TPSA) is 70.7 Å². The highest BCUT2D eigenvalue weighted by molar-refractivity contribution is 6.00. The first-order valence-corrected chi connectivity index (χ1v) is 14.1. The minimum Gasteiger partial charge on any atom is -0.457 e. The van der Waals surface area contributed by atoms with Crippen molar-refractivity contribution < 1.29 is 14.3 Å². The lowest BCUT2D eigenvalue weighted by molar-refractivity contribution is -0.124. The van der Waals surface area contributed by atoms with Crippen LogP contribution in [0.25, 0.3) is 10.8 Å². The van der Waals surface area contributed by atoms with Gasteiger partial charge in [-0.15, -0.1) is 0 Å². The molecule has 4 aromatic carbocycles. The van der Waals surface area contributed by atoms with Gasteiger partial charge >= 0.3 is 0 Å². The summed E-state index contributed by atoms with van der Waals surface area (Å²) in [5.41, 5.74) is 1.76. The van der Waals surface area contributed by atoms with Crippen LogP contribution in [0, 0.1) is 5.92 Å². The number of benzene rings is 4. The van der Waals surface area contributed by atoms with Gasteiger partial charge in [-0.05, 0) is 71.5 Å². The highest BCUT2D eigenvalue weighted by atomic mass is 16.5. The van der Waals surface area contributed by atoms with E-state index in [9.17, 15) is 9.59 Å². The fourth-order valence-corrected chi connectivity index (χ4v) is 5.22. The largest absolute Gasteiger partial charge is 0.457 e. The number of hydrogen-bond donors (Lipinski definition) is 2. The molecule has 6 heteroatoms. The predicted octanol–water partition coefficient (Wildman–Crippen LogP) is 6.17. The van der Waals surface area contributed by atoms with Gasteiger partial charge in [-0.3, -0.25) is 14.5 Å². The number of ether oxygens (including phenoxy) is 1. The van der Waals surface area contributed by atoms with Crippen LogP contribution < -0.4 is 15.4 Å². The van der Waals surface area contributed by atoms with Gasteiger partial charge in [0.2, 0.25) is 5.91 Å². The standard InChI is InChI=1S/C34H37N3O3/c1-24(2)20-32(36-33(38)28-15-14-26-8-6-7-9-27(26)21-28)34(39)35-29-18-19-37(23-29)22-25-12-16-31(17-13-25)40-30-10-4-3-5-11-30/h3-17,21,24,29,32H,18-20,22-23H2,1-2H3,(H,35,39)(H,36,38)/t29-,32-/m0/s1. The van der Waals surface area contributed by atoms with Crippen LogP contribution in [0.2, 0.25) is 0 Å². The van der Waals surface area contributed by atoms with Crippen LogP contribution in [0.5, 0.6) is 11.5 Å². The molecule has 5 rings (SSSR count). The molecule has 1 aliphatic rings. The van der Waals surface area contributed by atoms with Gasteiger partial charge in [-0.25, -0.2) is 0 Å². The van der Waals surface area contributed by atoms with Crippen molar-refractivity contribution in [2.24, 2.45) is 5.92 Å². The molecule has 4 aromatic rings. The van der Waals surface area contributed by atoms with E-state index in [0.29, 0.717) is 12.0 Å². The Balaban J connectivity index is 1.14. The zero-order chi connectivity index (χ0) is 27.9. The Morgan fingerprint density at radius 2 is 1.57 bits per heavy atom. The summed E-state index contributed by atoms with van der Waals surface area (Å²) in [7, 11) is 0. The molecule has 0 bridgehead atoms. The first kappa shape index (κ1) is 27.4. The molecule has 2 atom stereocenters. The molecule has 0 radical (unpaired) electrons. The minimum absolute atomic E-state index is 0.0559. The second-order valence-corrected chi connectivity index (χ2v) is 11.0. The van der Waals surface area contributed by atoms with Crippen LogP contribution in [-0.4, -0.2) is 41.9 Å². The summed E-state index contributed by atoms with van der Waals surface area (Å²) < 4.78 is 5.90. The number of likely N-dealkylation sites (tertiary alicyclic amines) is 1. The van der Waals surface area contributed by atoms with Crippen LogP contribution >= 0.6 is 0 Å². The molecule has 1 saturated heterocycles. The fourth-order valence-electron chi connectivity index (χ4n) is 5.22. The van der Waals surface area contributed by atoms with Gasteiger partial charge in [0.1, 0.15) is 17.5 Å². The average molecular weight is 536 g/mol. The molecule has 40 heavy (non-hydrogen) atoms. The molecule has 0 spiro atoms. The van der Waals surface area contributed by atoms with Crippen molar-refractivity contribution in [3.8, 4) is 11.5 Å². The molecule has 0 aliphatic carbocycles. The molecule has 1 fully saturated rings. The molecule has 1 aliphatic heterocycles. The molecular weight excluding hydrogens is 498 g/mol. The number of nitrogens with zero attached hydrogens (tertiary/aromatic N) is 1. The molecule has 206 valence electrons. The van der Waals surface area contributed by atoms with Crippen LogP contribution in [0.15, 0.2) is 97.1 Å². The summed E-state index contributed by atoms with van der Waals surface area (Å²) in [5, 5.41) is 8.29. The number of hydrogen-bond acceptors (Lipinski definition) is 4. The van der Waals surface area contributed by atoms with E-state index in [1.165, 1.54) is 5.56 Å². The Bertz CT molecular complexity index is 1440. The van der Waals surface area contributed by atoms with Crippen molar-refractivity contribution in [1.82, 2.24) is 15.5 Å². The second-order valence-electron chi connectivity index (χ2n) is 11.0. The Hall–Kier alpha value is -4.16. The Morgan fingerprint density at radius 3 is 2.33 bits per heavy atom. The molecule has 0 aromatic heterocycles. The summed E-state index contributed by atoms with van der Waals surface area (Å²) in [6.45, 7) is 6.63. The summed E-state index contributed by atoms with van der Waals surface area (Å²) in [6.07, 6.45) is 1.47. The van der Waals surface area contributed by atoms with E-state index in [1.807, 2.05) is 84.9 Å². The van der Waals surface area contributed by atoms with E-state index in [-0.39, 0.29) is 23.8 Å². The molecular formula is C34H37N3O3. The van der Waals surface area contributed by atoms with E-state index in [0.717, 1.165) is 48.3 Å². The third kappa shape index (κ3) is 7.27. The van der Waals surface area contributed by atoms with Gasteiger partial charge in [0, 0.05) is 31.2 Å². The number of amides is 2. The lowest BCUT2D eigenvalue weighted by atomic mass is 10.0. The van der Waals surface area contributed by atoms with E-state index in [1.54, 1.807) is 0 Å². The zero-order valence-electron chi connectivity index (χ0n) is 23.2. The number of fused-ring (bicyclic) bond motifs is 1. The summed E-state index contributed by atoms with van der Waals surface area (Å²) >= 11 is 0. The zero-order valence-corrected chi connectivity index (χ0v) is 23.2. The van der Waals surface area contributed by atoms with Gasteiger partial charge in [-0.1, -0.05) is 74.5 Å². The monoisotopic (exact) mass is 535 g/mol. The number of carbonyl (C=O) groups excluding carboxylic acids is 2. The van der Waals surface area contributed by atoms with Gasteiger partial charge in [0.05, 0.1) is 0 Å². The lowest BCUT2D eigenvalue weighted by Gasteiger charge is -2.23. The van der Waals surface area contributed by atoms with Crippen LogP contribution in [0.1, 0.15) is 42.6 Å². The third-order valence-corrected chi connectivity index (χ3v) is 7.27. The van der Waals surface area contributed by atoms with E-state index in [4.69, 9.17) is 4.74 Å². The molecule has 0 unspecified atom stereocenters. The molecule has 2 N–H and O–H groups in total. The Kier molecular flexibility index (Phi) is 8.77. The van der Waals surface area contributed by atoms with Gasteiger partial charge in [0.25, 0.3) is 5.91 Å². The highest BCUT2D eigenvalue weighted by Gasteiger charge is 2.28. The average Bonchev–Trinajstić information content (AvgIpc) is 3.40. The number of rotatable bonds is 10. The summed E-state index contributed by atoms with van der Waals surface area (Å²) in [4.78, 5) is 28.8. The maximum atomic E-state index is 13.3. The first-order valence-electron chi connectivity index (χ1n) is 14.1. The molecule has 2 amide bonds. The first-order chi connectivity index (χ1) is 19.4. The van der Waals surface area contributed by atoms with Crippen LogP contribution in [-0.2, 0) is 11.3 Å². The Morgan fingerprint density at radius 1 is 0.875 bits per heavy atom. The van der Waals surface area contributed by atoms with Crippen molar-refractivity contribution in [2.45, 2.75) is 45.3 Å². The van der Waals surface area contributed by atoms with Crippen LogP contribution in [0.3, 0.4) is 0 Å².